The molecule has 0 aliphatic rings. The molecule has 106 valence electrons. The summed E-state index contributed by atoms with van der Waals surface area (Å²) < 4.78 is 6.06. The van der Waals surface area contributed by atoms with Gasteiger partial charge in [0.25, 0.3) is 0 Å². The molecular weight excluding hydrogens is 293 g/mol. The summed E-state index contributed by atoms with van der Waals surface area (Å²) >= 11 is 12.3. The maximum Gasteiger partial charge on any atom is 0.140 e. The van der Waals surface area contributed by atoms with Crippen LogP contribution in [0.1, 0.15) is 24.2 Å². The number of benzene rings is 2. The van der Waals surface area contributed by atoms with E-state index >= 15 is 0 Å². The Balaban J connectivity index is 2.36. The van der Waals surface area contributed by atoms with Crippen LogP contribution in [0.25, 0.3) is 0 Å². The minimum Gasteiger partial charge on any atom is -0.484 e. The first-order valence-corrected chi connectivity index (χ1v) is 7.17. The molecule has 2 rings (SSSR count). The first-order valence-electron chi connectivity index (χ1n) is 6.42. The minimum atomic E-state index is -0.319. The standard InChI is InChI=1S/C16H17Cl2NO/c1-10-7-8-12(17)9-15(10)20-16(11(2)19)13-5-3-4-6-14(13)18/h3-9,11,16H,19H2,1-2H3. The van der Waals surface area contributed by atoms with Gasteiger partial charge in [-0.25, -0.2) is 0 Å². The molecule has 0 saturated heterocycles. The Morgan fingerprint density at radius 3 is 2.45 bits per heavy atom. The fraction of sp³-hybridized carbons (Fsp3) is 0.250. The molecule has 0 aliphatic carbocycles. The van der Waals surface area contributed by atoms with Crippen LogP contribution in [-0.2, 0) is 0 Å². The van der Waals surface area contributed by atoms with Gasteiger partial charge in [-0.05, 0) is 37.6 Å². The summed E-state index contributed by atoms with van der Waals surface area (Å²) in [7, 11) is 0. The van der Waals surface area contributed by atoms with Crippen LogP contribution in [0.5, 0.6) is 5.75 Å². The third kappa shape index (κ3) is 3.45. The maximum atomic E-state index is 6.24. The van der Waals surface area contributed by atoms with Crippen LogP contribution < -0.4 is 10.5 Å². The summed E-state index contributed by atoms with van der Waals surface area (Å²) in [6, 6.07) is 12.9. The lowest BCUT2D eigenvalue weighted by atomic mass is 10.0. The largest absolute Gasteiger partial charge is 0.484 e. The van der Waals surface area contributed by atoms with Gasteiger partial charge in [0.05, 0.1) is 0 Å². The Morgan fingerprint density at radius 2 is 1.80 bits per heavy atom. The summed E-state index contributed by atoms with van der Waals surface area (Å²) in [6.07, 6.45) is -0.319. The molecule has 20 heavy (non-hydrogen) atoms. The summed E-state index contributed by atoms with van der Waals surface area (Å²) in [4.78, 5) is 0. The molecule has 2 nitrogen and oxygen atoms in total. The first kappa shape index (κ1) is 15.2. The van der Waals surface area contributed by atoms with Crippen molar-refractivity contribution < 1.29 is 4.74 Å². The number of ether oxygens (including phenoxy) is 1. The zero-order valence-electron chi connectivity index (χ0n) is 11.4. The van der Waals surface area contributed by atoms with Crippen molar-refractivity contribution in [2.45, 2.75) is 26.0 Å². The summed E-state index contributed by atoms with van der Waals surface area (Å²) in [6.45, 7) is 3.87. The Labute approximate surface area is 129 Å². The Hall–Kier alpha value is -1.22. The molecule has 2 atom stereocenters. The number of aryl methyl sites for hydroxylation is 1. The van der Waals surface area contributed by atoms with Gasteiger partial charge in [0.15, 0.2) is 0 Å². The van der Waals surface area contributed by atoms with Crippen LogP contribution in [0.3, 0.4) is 0 Å². The third-order valence-electron chi connectivity index (χ3n) is 3.09. The van der Waals surface area contributed by atoms with E-state index in [-0.39, 0.29) is 12.1 Å². The van der Waals surface area contributed by atoms with Gasteiger partial charge in [-0.3, -0.25) is 0 Å². The second-order valence-electron chi connectivity index (χ2n) is 4.83. The van der Waals surface area contributed by atoms with E-state index in [2.05, 4.69) is 0 Å². The molecule has 0 bridgehead atoms. The molecule has 2 aromatic carbocycles. The molecule has 0 spiro atoms. The van der Waals surface area contributed by atoms with Crippen molar-refractivity contribution in [1.82, 2.24) is 0 Å². The zero-order valence-corrected chi connectivity index (χ0v) is 12.9. The van der Waals surface area contributed by atoms with Crippen LogP contribution in [0.2, 0.25) is 10.0 Å². The lowest BCUT2D eigenvalue weighted by Gasteiger charge is -2.24. The van der Waals surface area contributed by atoms with E-state index in [0.717, 1.165) is 16.9 Å². The highest BCUT2D eigenvalue weighted by molar-refractivity contribution is 6.31. The summed E-state index contributed by atoms with van der Waals surface area (Å²) in [5.74, 6) is 0.722. The number of hydrogen-bond acceptors (Lipinski definition) is 2. The van der Waals surface area contributed by atoms with Gasteiger partial charge in [0.2, 0.25) is 0 Å². The van der Waals surface area contributed by atoms with E-state index in [1.807, 2.05) is 50.2 Å². The van der Waals surface area contributed by atoms with Crippen molar-refractivity contribution in [2.75, 3.05) is 0 Å². The number of nitrogens with two attached hydrogens (primary N) is 1. The quantitative estimate of drug-likeness (QED) is 0.883. The van der Waals surface area contributed by atoms with Crippen LogP contribution in [0.15, 0.2) is 42.5 Å². The predicted octanol–water partition coefficient (Wildman–Crippen LogP) is 4.77. The smallest absolute Gasteiger partial charge is 0.140 e. The Kier molecular flexibility index (Phi) is 4.92. The molecule has 0 saturated carbocycles. The van der Waals surface area contributed by atoms with Gasteiger partial charge in [-0.1, -0.05) is 47.5 Å². The van der Waals surface area contributed by atoms with Gasteiger partial charge in [-0.2, -0.15) is 0 Å². The van der Waals surface area contributed by atoms with E-state index in [4.69, 9.17) is 33.7 Å². The van der Waals surface area contributed by atoms with Crippen molar-refractivity contribution in [3.8, 4) is 5.75 Å². The minimum absolute atomic E-state index is 0.201. The maximum absolute atomic E-state index is 6.24. The number of halogens is 2. The molecule has 2 N–H and O–H groups in total. The Morgan fingerprint density at radius 1 is 1.10 bits per heavy atom. The van der Waals surface area contributed by atoms with Crippen molar-refractivity contribution >= 4 is 23.2 Å². The van der Waals surface area contributed by atoms with Crippen LogP contribution in [0.4, 0.5) is 0 Å². The normalized spacial score (nSPS) is 13.8. The van der Waals surface area contributed by atoms with Gasteiger partial charge < -0.3 is 10.5 Å². The number of hydrogen-bond donors (Lipinski definition) is 1. The molecule has 0 aromatic heterocycles. The average Bonchev–Trinajstić information content (AvgIpc) is 2.40. The summed E-state index contributed by atoms with van der Waals surface area (Å²) in [5, 5.41) is 1.28. The molecule has 0 radical (unpaired) electrons. The second kappa shape index (κ2) is 6.49. The molecule has 4 heteroatoms. The van der Waals surface area contributed by atoms with Crippen LogP contribution in [0, 0.1) is 6.92 Å². The fourth-order valence-electron chi connectivity index (χ4n) is 2.00. The molecule has 0 amide bonds. The summed E-state index contributed by atoms with van der Waals surface area (Å²) in [5.41, 5.74) is 7.94. The van der Waals surface area contributed by atoms with E-state index in [1.165, 1.54) is 0 Å². The van der Waals surface area contributed by atoms with Crippen molar-refractivity contribution in [3.05, 3.63) is 63.6 Å². The average molecular weight is 310 g/mol. The second-order valence-corrected chi connectivity index (χ2v) is 5.67. The highest BCUT2D eigenvalue weighted by Gasteiger charge is 2.21. The topological polar surface area (TPSA) is 35.2 Å². The molecule has 2 aromatic rings. The van der Waals surface area contributed by atoms with Gasteiger partial charge in [-0.15, -0.1) is 0 Å². The molecule has 2 unspecified atom stereocenters. The van der Waals surface area contributed by atoms with Gasteiger partial charge in [0, 0.05) is 21.7 Å². The lowest BCUT2D eigenvalue weighted by molar-refractivity contribution is 0.179. The fourth-order valence-corrected chi connectivity index (χ4v) is 2.40. The zero-order chi connectivity index (χ0) is 14.7. The lowest BCUT2D eigenvalue weighted by Crippen LogP contribution is -2.29. The van der Waals surface area contributed by atoms with E-state index in [0.29, 0.717) is 10.0 Å². The first-order chi connectivity index (χ1) is 9.49. The SMILES string of the molecule is Cc1ccc(Cl)cc1OC(c1ccccc1Cl)C(C)N. The molecule has 0 fully saturated rings. The monoisotopic (exact) mass is 309 g/mol. The van der Waals surface area contributed by atoms with Crippen LogP contribution in [-0.4, -0.2) is 6.04 Å². The molecular formula is C16H17Cl2NO. The van der Waals surface area contributed by atoms with Gasteiger partial charge >= 0.3 is 0 Å². The van der Waals surface area contributed by atoms with Gasteiger partial charge in [0.1, 0.15) is 11.9 Å². The highest BCUT2D eigenvalue weighted by atomic mass is 35.5. The third-order valence-corrected chi connectivity index (χ3v) is 3.67. The molecule has 0 heterocycles. The van der Waals surface area contributed by atoms with Crippen molar-refractivity contribution in [1.29, 1.82) is 0 Å². The molecule has 0 aliphatic heterocycles. The van der Waals surface area contributed by atoms with E-state index < -0.39 is 0 Å². The van der Waals surface area contributed by atoms with Crippen LogP contribution >= 0.6 is 23.2 Å². The van der Waals surface area contributed by atoms with Crippen molar-refractivity contribution in [3.63, 3.8) is 0 Å². The predicted molar refractivity (Wildman–Crippen MR) is 84.7 cm³/mol. The van der Waals surface area contributed by atoms with E-state index in [1.54, 1.807) is 6.07 Å². The Bertz CT molecular complexity index is 599. The highest BCUT2D eigenvalue weighted by Crippen LogP contribution is 2.32. The number of rotatable bonds is 4. The van der Waals surface area contributed by atoms with Crippen molar-refractivity contribution in [2.24, 2.45) is 5.73 Å². The van der Waals surface area contributed by atoms with E-state index in [9.17, 15) is 0 Å².